The molecule has 0 aliphatic rings. The maximum Gasteiger partial charge on any atom is 0.240 e. The minimum Gasteiger partial charge on any atom is -0.326 e. The minimum absolute atomic E-state index is 0.257. The van der Waals surface area contributed by atoms with E-state index in [1.54, 1.807) is 25.3 Å². The van der Waals surface area contributed by atoms with Crippen molar-refractivity contribution in [1.29, 1.82) is 0 Å². The van der Waals surface area contributed by atoms with Gasteiger partial charge in [0.25, 0.3) is 0 Å². The zero-order chi connectivity index (χ0) is 14.5. The standard InChI is InChI=1S/C12H20N2O3S2/c1-10-4-5-11(9-13)8-12(10)19(16,17)14-6-3-7-18(2)15/h4-5,8,14H,3,6-7,9,13H2,1-2H3. The summed E-state index contributed by atoms with van der Waals surface area (Å²) < 4.78 is 37.7. The van der Waals surface area contributed by atoms with Crippen molar-refractivity contribution in [3.05, 3.63) is 29.3 Å². The molecule has 1 unspecified atom stereocenters. The quantitative estimate of drug-likeness (QED) is 0.718. The molecule has 0 aromatic heterocycles. The van der Waals surface area contributed by atoms with Gasteiger partial charge in [0.2, 0.25) is 10.0 Å². The van der Waals surface area contributed by atoms with Gasteiger partial charge in [0.15, 0.2) is 0 Å². The smallest absolute Gasteiger partial charge is 0.240 e. The fourth-order valence-electron chi connectivity index (χ4n) is 1.62. The van der Waals surface area contributed by atoms with Crippen LogP contribution < -0.4 is 10.5 Å². The molecule has 1 atom stereocenters. The molecule has 0 aliphatic carbocycles. The van der Waals surface area contributed by atoms with Gasteiger partial charge in [-0.2, -0.15) is 0 Å². The van der Waals surface area contributed by atoms with Gasteiger partial charge in [-0.25, -0.2) is 13.1 Å². The van der Waals surface area contributed by atoms with Crippen molar-refractivity contribution in [1.82, 2.24) is 4.72 Å². The van der Waals surface area contributed by atoms with Gasteiger partial charge >= 0.3 is 0 Å². The maximum atomic E-state index is 12.1. The van der Waals surface area contributed by atoms with Crippen molar-refractivity contribution < 1.29 is 12.6 Å². The zero-order valence-corrected chi connectivity index (χ0v) is 12.8. The molecule has 0 fully saturated rings. The summed E-state index contributed by atoms with van der Waals surface area (Å²) in [6, 6.07) is 5.15. The molecular weight excluding hydrogens is 284 g/mol. The Morgan fingerprint density at radius 3 is 2.63 bits per heavy atom. The summed E-state index contributed by atoms with van der Waals surface area (Å²) >= 11 is 0. The van der Waals surface area contributed by atoms with E-state index in [9.17, 15) is 12.6 Å². The third-order valence-corrected chi connectivity index (χ3v) is 5.15. The largest absolute Gasteiger partial charge is 0.326 e. The molecule has 5 nitrogen and oxygen atoms in total. The van der Waals surface area contributed by atoms with Crippen molar-refractivity contribution >= 4 is 20.8 Å². The summed E-state index contributed by atoms with van der Waals surface area (Å²) in [4.78, 5) is 0.257. The first kappa shape index (κ1) is 16.3. The lowest BCUT2D eigenvalue weighted by Gasteiger charge is -2.10. The predicted molar refractivity (Wildman–Crippen MR) is 77.8 cm³/mol. The highest BCUT2D eigenvalue weighted by molar-refractivity contribution is 7.89. The van der Waals surface area contributed by atoms with E-state index in [0.29, 0.717) is 24.3 Å². The third kappa shape index (κ3) is 5.02. The van der Waals surface area contributed by atoms with Crippen LogP contribution in [0.3, 0.4) is 0 Å². The molecular formula is C12H20N2O3S2. The third-order valence-electron chi connectivity index (χ3n) is 2.68. The molecule has 7 heteroatoms. The van der Waals surface area contributed by atoms with E-state index >= 15 is 0 Å². The maximum absolute atomic E-state index is 12.1. The van der Waals surface area contributed by atoms with E-state index in [-0.39, 0.29) is 11.4 Å². The summed E-state index contributed by atoms with van der Waals surface area (Å²) in [5.41, 5.74) is 6.98. The van der Waals surface area contributed by atoms with Crippen LogP contribution in [0.2, 0.25) is 0 Å². The molecule has 0 amide bonds. The van der Waals surface area contributed by atoms with E-state index in [0.717, 1.165) is 5.56 Å². The van der Waals surface area contributed by atoms with Gasteiger partial charge in [0.1, 0.15) is 0 Å². The number of sulfonamides is 1. The van der Waals surface area contributed by atoms with E-state index < -0.39 is 20.8 Å². The Balaban J connectivity index is 2.79. The molecule has 1 aromatic rings. The zero-order valence-electron chi connectivity index (χ0n) is 11.2. The first-order valence-electron chi connectivity index (χ1n) is 5.96. The number of nitrogens with one attached hydrogen (secondary N) is 1. The van der Waals surface area contributed by atoms with Crippen LogP contribution in [0.15, 0.2) is 23.1 Å². The molecule has 0 radical (unpaired) electrons. The molecule has 3 N–H and O–H groups in total. The number of hydrogen-bond acceptors (Lipinski definition) is 4. The number of hydrogen-bond donors (Lipinski definition) is 2. The molecule has 19 heavy (non-hydrogen) atoms. The molecule has 0 saturated carbocycles. The lowest BCUT2D eigenvalue weighted by atomic mass is 10.1. The first-order chi connectivity index (χ1) is 8.86. The van der Waals surface area contributed by atoms with Gasteiger partial charge in [-0.3, -0.25) is 4.21 Å². The topological polar surface area (TPSA) is 89.3 Å². The number of benzene rings is 1. The van der Waals surface area contributed by atoms with E-state index in [1.807, 2.05) is 6.07 Å². The van der Waals surface area contributed by atoms with E-state index in [1.165, 1.54) is 0 Å². The highest BCUT2D eigenvalue weighted by Crippen LogP contribution is 2.16. The van der Waals surface area contributed by atoms with Crippen LogP contribution >= 0.6 is 0 Å². The van der Waals surface area contributed by atoms with Crippen LogP contribution in [-0.2, 0) is 27.4 Å². The number of aryl methyl sites for hydroxylation is 1. The summed E-state index contributed by atoms with van der Waals surface area (Å²) in [5.74, 6) is 0.490. The van der Waals surface area contributed by atoms with Gasteiger partial charge < -0.3 is 5.73 Å². The fraction of sp³-hybridized carbons (Fsp3) is 0.500. The van der Waals surface area contributed by atoms with Gasteiger partial charge in [0.05, 0.1) is 4.90 Å². The van der Waals surface area contributed by atoms with Crippen LogP contribution in [0.1, 0.15) is 17.5 Å². The van der Waals surface area contributed by atoms with E-state index in [2.05, 4.69) is 4.72 Å². The van der Waals surface area contributed by atoms with Gasteiger partial charge in [-0.1, -0.05) is 12.1 Å². The molecule has 0 spiro atoms. The summed E-state index contributed by atoms with van der Waals surface area (Å²) in [6.45, 7) is 2.34. The first-order valence-corrected chi connectivity index (χ1v) is 9.17. The van der Waals surface area contributed by atoms with E-state index in [4.69, 9.17) is 5.73 Å². The Labute approximate surface area is 117 Å². The average molecular weight is 304 g/mol. The second-order valence-corrected chi connectivity index (χ2v) is 7.62. The molecule has 0 heterocycles. The Kier molecular flexibility index (Phi) is 6.12. The van der Waals surface area contributed by atoms with Crippen LogP contribution in [0.5, 0.6) is 0 Å². The second-order valence-electron chi connectivity index (χ2n) is 4.33. The summed E-state index contributed by atoms with van der Waals surface area (Å²) in [5, 5.41) is 0. The Morgan fingerprint density at radius 1 is 1.37 bits per heavy atom. The molecule has 1 rings (SSSR count). The highest BCUT2D eigenvalue weighted by Gasteiger charge is 2.16. The molecule has 0 aliphatic heterocycles. The monoisotopic (exact) mass is 304 g/mol. The van der Waals surface area contributed by atoms with Crippen molar-refractivity contribution in [2.45, 2.75) is 24.8 Å². The van der Waals surface area contributed by atoms with Crippen molar-refractivity contribution in [3.8, 4) is 0 Å². The number of rotatable bonds is 7. The molecule has 0 bridgehead atoms. The lowest BCUT2D eigenvalue weighted by Crippen LogP contribution is -2.26. The minimum atomic E-state index is -3.53. The molecule has 1 aromatic carbocycles. The fourth-order valence-corrected chi connectivity index (χ4v) is 3.54. The Bertz CT molecular complexity index is 556. The predicted octanol–water partition coefficient (Wildman–Crippen LogP) is 0.501. The second kappa shape index (κ2) is 7.14. The normalized spacial score (nSPS) is 13.4. The Morgan fingerprint density at radius 2 is 2.05 bits per heavy atom. The molecule has 108 valence electrons. The van der Waals surface area contributed by atoms with Gasteiger partial charge in [-0.15, -0.1) is 0 Å². The van der Waals surface area contributed by atoms with Crippen LogP contribution in [0.25, 0.3) is 0 Å². The van der Waals surface area contributed by atoms with Crippen LogP contribution in [-0.4, -0.2) is 31.2 Å². The Hall–Kier alpha value is -0.760. The van der Waals surface area contributed by atoms with Crippen LogP contribution in [0.4, 0.5) is 0 Å². The lowest BCUT2D eigenvalue weighted by molar-refractivity contribution is 0.580. The van der Waals surface area contributed by atoms with Crippen LogP contribution in [0, 0.1) is 6.92 Å². The van der Waals surface area contributed by atoms with Crippen molar-refractivity contribution in [2.24, 2.45) is 5.73 Å². The van der Waals surface area contributed by atoms with Gasteiger partial charge in [-0.05, 0) is 30.5 Å². The van der Waals surface area contributed by atoms with Gasteiger partial charge in [0, 0.05) is 35.9 Å². The summed E-state index contributed by atoms with van der Waals surface area (Å²) in [7, 11) is -4.43. The van der Waals surface area contributed by atoms with Crippen molar-refractivity contribution in [2.75, 3.05) is 18.6 Å². The van der Waals surface area contributed by atoms with Crippen molar-refractivity contribution in [3.63, 3.8) is 0 Å². The number of nitrogens with two attached hydrogens (primary N) is 1. The highest BCUT2D eigenvalue weighted by atomic mass is 32.2. The SMILES string of the molecule is Cc1ccc(CN)cc1S(=O)(=O)NCCCS(C)=O. The average Bonchev–Trinajstić information content (AvgIpc) is 2.35. The summed E-state index contributed by atoms with van der Waals surface area (Å²) in [6.07, 6.45) is 2.15. The molecule has 0 saturated heterocycles.